The van der Waals surface area contributed by atoms with Gasteiger partial charge in [0.15, 0.2) is 0 Å². The van der Waals surface area contributed by atoms with Crippen LogP contribution in [0.2, 0.25) is 0 Å². The lowest BCUT2D eigenvalue weighted by atomic mass is 10.0. The molecule has 0 aromatic heterocycles. The van der Waals surface area contributed by atoms with Crippen LogP contribution < -0.4 is 6.15 Å². The van der Waals surface area contributed by atoms with Crippen molar-refractivity contribution in [2.75, 3.05) is 0 Å². The van der Waals surface area contributed by atoms with Crippen LogP contribution in [0.1, 0.15) is 34.6 Å². The Labute approximate surface area is 102 Å². The summed E-state index contributed by atoms with van der Waals surface area (Å²) in [5.74, 6) is 0. The first-order valence-corrected chi connectivity index (χ1v) is 5.44. The van der Waals surface area contributed by atoms with Crippen molar-refractivity contribution in [1.29, 1.82) is 0 Å². The molecule has 0 saturated heterocycles. The average molecular weight is 221 g/mol. The van der Waals surface area contributed by atoms with Crippen LogP contribution in [-0.2, 0) is 0 Å². The highest BCUT2D eigenvalue weighted by atomic mass is 14.0. The average Bonchev–Trinajstić information content (AvgIpc) is 2.26. The monoisotopic (exact) mass is 221 g/mol. The fourth-order valence-corrected chi connectivity index (χ4v) is 0.994. The lowest BCUT2D eigenvalue weighted by molar-refractivity contribution is 1.45. The van der Waals surface area contributed by atoms with E-state index in [0.29, 0.717) is 0 Å². The van der Waals surface area contributed by atoms with Gasteiger partial charge in [-0.15, -0.1) is 0 Å². The molecular formula is C15H27N. The van der Waals surface area contributed by atoms with Gasteiger partial charge in [-0.2, -0.15) is 0 Å². The second-order valence-corrected chi connectivity index (χ2v) is 2.87. The fourth-order valence-electron chi connectivity index (χ4n) is 0.994. The van der Waals surface area contributed by atoms with Gasteiger partial charge in [-0.3, -0.25) is 0 Å². The summed E-state index contributed by atoms with van der Waals surface area (Å²) >= 11 is 0. The van der Waals surface area contributed by atoms with Crippen LogP contribution in [0.3, 0.4) is 0 Å². The zero-order valence-electron chi connectivity index (χ0n) is 11.5. The van der Waals surface area contributed by atoms with Crippen LogP contribution in [-0.4, -0.2) is 0 Å². The van der Waals surface area contributed by atoms with Gasteiger partial charge in [0.1, 0.15) is 0 Å². The van der Waals surface area contributed by atoms with Crippen molar-refractivity contribution in [2.45, 2.75) is 34.6 Å². The van der Waals surface area contributed by atoms with E-state index in [9.17, 15) is 0 Å². The normalized spacial score (nSPS) is 11.3. The molecule has 1 heteroatoms. The summed E-state index contributed by atoms with van der Waals surface area (Å²) in [5, 5.41) is 0. The maximum atomic E-state index is 3.81. The van der Waals surface area contributed by atoms with Gasteiger partial charge in [-0.05, 0) is 31.9 Å². The lowest BCUT2D eigenvalue weighted by Crippen LogP contribution is -1.81. The standard InChI is InChI=1S/C13H18.C2H6.H3N/c1-6-12(7-2)13(8-3)10-9-11(4)5;1-2;/h6-10H,1,4H2,2-3,5H3;1-2H3;1H3/b10-9-,12-7+,13-8+;;. The maximum Gasteiger partial charge on any atom is -0.0230 e. The van der Waals surface area contributed by atoms with Crippen molar-refractivity contribution in [3.05, 3.63) is 60.3 Å². The Morgan fingerprint density at radius 1 is 0.938 bits per heavy atom. The van der Waals surface area contributed by atoms with E-state index in [4.69, 9.17) is 0 Å². The number of rotatable bonds is 4. The molecule has 1 nitrogen and oxygen atoms in total. The highest BCUT2D eigenvalue weighted by molar-refractivity contribution is 5.46. The molecule has 0 unspecified atom stereocenters. The molecule has 0 saturated carbocycles. The molecule has 0 aromatic carbocycles. The topological polar surface area (TPSA) is 35.0 Å². The van der Waals surface area contributed by atoms with Crippen molar-refractivity contribution >= 4 is 0 Å². The number of hydrogen-bond acceptors (Lipinski definition) is 1. The SMILES string of the molecule is C=CC(=C\C)/C(/C=C\C(=C)C)=C/C.CC.N. The van der Waals surface area contributed by atoms with Crippen molar-refractivity contribution in [2.24, 2.45) is 0 Å². The minimum absolute atomic E-state index is 0. The van der Waals surface area contributed by atoms with E-state index in [2.05, 4.69) is 25.3 Å². The molecule has 0 fully saturated rings. The minimum atomic E-state index is 0. The molecule has 0 rings (SSSR count). The van der Waals surface area contributed by atoms with Crippen LogP contribution >= 0.6 is 0 Å². The summed E-state index contributed by atoms with van der Waals surface area (Å²) in [7, 11) is 0. The third-order valence-electron chi connectivity index (χ3n) is 1.72. The Morgan fingerprint density at radius 2 is 1.38 bits per heavy atom. The van der Waals surface area contributed by atoms with Gasteiger partial charge in [0.05, 0.1) is 0 Å². The Hall–Kier alpha value is -1.34. The molecule has 0 radical (unpaired) electrons. The molecule has 0 aliphatic carbocycles. The molecule has 92 valence electrons. The van der Waals surface area contributed by atoms with Crippen molar-refractivity contribution in [3.8, 4) is 0 Å². The predicted octanol–water partition coefficient (Wildman–Crippen LogP) is 5.39. The van der Waals surface area contributed by atoms with Gasteiger partial charge in [-0.1, -0.05) is 63.0 Å². The zero-order chi connectivity index (χ0) is 12.3. The third-order valence-corrected chi connectivity index (χ3v) is 1.72. The molecule has 0 spiro atoms. The summed E-state index contributed by atoms with van der Waals surface area (Å²) in [5.41, 5.74) is 3.39. The fraction of sp³-hybridized carbons (Fsp3) is 0.333. The first kappa shape index (κ1) is 20.1. The van der Waals surface area contributed by atoms with Gasteiger partial charge in [0, 0.05) is 0 Å². The second-order valence-electron chi connectivity index (χ2n) is 2.87. The first-order chi connectivity index (χ1) is 7.15. The number of allylic oxidation sites excluding steroid dienone is 8. The van der Waals surface area contributed by atoms with E-state index in [1.807, 2.05) is 52.8 Å². The van der Waals surface area contributed by atoms with Crippen LogP contribution in [0.25, 0.3) is 0 Å². The van der Waals surface area contributed by atoms with E-state index in [1.54, 1.807) is 0 Å². The summed E-state index contributed by atoms with van der Waals surface area (Å²) in [6, 6.07) is 0. The van der Waals surface area contributed by atoms with Crippen LogP contribution in [0, 0.1) is 0 Å². The summed E-state index contributed by atoms with van der Waals surface area (Å²) in [4.78, 5) is 0. The summed E-state index contributed by atoms with van der Waals surface area (Å²) in [6.45, 7) is 17.6. The Balaban J connectivity index is -0.000000529. The van der Waals surface area contributed by atoms with Crippen LogP contribution in [0.5, 0.6) is 0 Å². The zero-order valence-corrected chi connectivity index (χ0v) is 11.5. The van der Waals surface area contributed by atoms with Crippen LogP contribution in [0.15, 0.2) is 60.3 Å². The Kier molecular flexibility index (Phi) is 17.2. The third kappa shape index (κ3) is 9.22. The second kappa shape index (κ2) is 13.7. The predicted molar refractivity (Wildman–Crippen MR) is 78.0 cm³/mol. The van der Waals surface area contributed by atoms with Crippen LogP contribution in [0.4, 0.5) is 0 Å². The van der Waals surface area contributed by atoms with Crippen molar-refractivity contribution < 1.29 is 0 Å². The Morgan fingerprint density at radius 3 is 1.62 bits per heavy atom. The molecule has 3 N–H and O–H groups in total. The highest BCUT2D eigenvalue weighted by Gasteiger charge is 1.93. The summed E-state index contributed by atoms with van der Waals surface area (Å²) in [6.07, 6.45) is 10.0. The van der Waals surface area contributed by atoms with E-state index in [-0.39, 0.29) is 6.15 Å². The molecule has 16 heavy (non-hydrogen) atoms. The lowest BCUT2D eigenvalue weighted by Gasteiger charge is -2.01. The van der Waals surface area contributed by atoms with E-state index < -0.39 is 0 Å². The largest absolute Gasteiger partial charge is 0.344 e. The summed E-state index contributed by atoms with van der Waals surface area (Å²) < 4.78 is 0. The van der Waals surface area contributed by atoms with Gasteiger partial charge >= 0.3 is 0 Å². The van der Waals surface area contributed by atoms with Gasteiger partial charge in [0.25, 0.3) is 0 Å². The maximum absolute atomic E-state index is 3.81. The van der Waals surface area contributed by atoms with E-state index in [1.165, 1.54) is 5.57 Å². The quantitative estimate of drug-likeness (QED) is 0.635. The molecule has 0 heterocycles. The first-order valence-electron chi connectivity index (χ1n) is 5.44. The molecule has 0 atom stereocenters. The molecule has 0 aromatic rings. The molecular weight excluding hydrogens is 194 g/mol. The van der Waals surface area contributed by atoms with Gasteiger partial charge in [-0.25, -0.2) is 0 Å². The molecule has 0 aliphatic rings. The van der Waals surface area contributed by atoms with Crippen molar-refractivity contribution in [1.82, 2.24) is 6.15 Å². The van der Waals surface area contributed by atoms with E-state index >= 15 is 0 Å². The smallest absolute Gasteiger partial charge is 0.0230 e. The molecule has 0 amide bonds. The van der Waals surface area contributed by atoms with E-state index in [0.717, 1.165) is 11.1 Å². The number of hydrogen-bond donors (Lipinski definition) is 1. The Bertz CT molecular complexity index is 278. The van der Waals surface area contributed by atoms with Gasteiger partial charge < -0.3 is 6.15 Å². The van der Waals surface area contributed by atoms with Crippen molar-refractivity contribution in [3.63, 3.8) is 0 Å². The molecule has 0 aliphatic heterocycles. The van der Waals surface area contributed by atoms with Gasteiger partial charge in [0.2, 0.25) is 0 Å². The highest BCUT2D eigenvalue weighted by Crippen LogP contribution is 2.13. The minimum Gasteiger partial charge on any atom is -0.344 e. The molecule has 0 bridgehead atoms.